The zero-order valence-electron chi connectivity index (χ0n) is 15.7. The molecular weight excluding hydrogens is 405 g/mol. The highest BCUT2D eigenvalue weighted by Gasteiger charge is 2.38. The number of anilines is 3. The summed E-state index contributed by atoms with van der Waals surface area (Å²) in [5, 5.41) is 0. The van der Waals surface area contributed by atoms with Gasteiger partial charge in [0.05, 0.1) is 23.0 Å². The van der Waals surface area contributed by atoms with E-state index in [2.05, 4.69) is 9.62 Å². The smallest absolute Gasteiger partial charge is 0.362 e. The molecule has 2 aliphatic rings. The molecule has 0 spiro atoms. The molecule has 4 rings (SSSR count). The molecule has 6 nitrogen and oxygen atoms in total. The summed E-state index contributed by atoms with van der Waals surface area (Å²) in [6.07, 6.45) is -4.39. The first-order chi connectivity index (χ1) is 13.7. The number of hydrogen-bond donors (Lipinski definition) is 1. The summed E-state index contributed by atoms with van der Waals surface area (Å²) in [4.78, 5) is 4.13. The molecular formula is C19H21F3N4O2S. The second-order valence-electron chi connectivity index (χ2n) is 7.06. The number of halogens is 3. The van der Waals surface area contributed by atoms with E-state index in [0.29, 0.717) is 31.9 Å². The number of para-hydroxylation sites is 2. The largest absolute Gasteiger partial charge is 0.416 e. The van der Waals surface area contributed by atoms with Gasteiger partial charge in [-0.1, -0.05) is 12.1 Å². The molecule has 0 bridgehead atoms. The summed E-state index contributed by atoms with van der Waals surface area (Å²) in [6.45, 7) is 1.69. The van der Waals surface area contributed by atoms with E-state index >= 15 is 0 Å². The maximum Gasteiger partial charge on any atom is 0.416 e. The minimum atomic E-state index is -4.39. The van der Waals surface area contributed by atoms with Gasteiger partial charge in [-0.2, -0.15) is 25.9 Å². The molecule has 0 radical (unpaired) electrons. The van der Waals surface area contributed by atoms with Crippen molar-refractivity contribution in [1.29, 1.82) is 0 Å². The van der Waals surface area contributed by atoms with Crippen LogP contribution in [0.4, 0.5) is 30.2 Å². The third kappa shape index (κ3) is 3.67. The van der Waals surface area contributed by atoms with Crippen LogP contribution < -0.4 is 14.5 Å². The van der Waals surface area contributed by atoms with Crippen molar-refractivity contribution in [3.05, 3.63) is 54.1 Å². The predicted molar refractivity (Wildman–Crippen MR) is 106 cm³/mol. The number of rotatable bonds is 3. The van der Waals surface area contributed by atoms with E-state index in [1.807, 2.05) is 29.2 Å². The van der Waals surface area contributed by atoms with Crippen molar-refractivity contribution in [3.63, 3.8) is 0 Å². The first kappa shape index (κ1) is 20.0. The van der Waals surface area contributed by atoms with Crippen LogP contribution in [0.2, 0.25) is 0 Å². The van der Waals surface area contributed by atoms with Crippen LogP contribution in [0.3, 0.4) is 0 Å². The van der Waals surface area contributed by atoms with Crippen molar-refractivity contribution in [2.24, 2.45) is 0 Å². The van der Waals surface area contributed by atoms with Gasteiger partial charge in [-0.15, -0.1) is 0 Å². The maximum atomic E-state index is 12.9. The van der Waals surface area contributed by atoms with Crippen molar-refractivity contribution >= 4 is 27.3 Å². The molecule has 2 heterocycles. The highest BCUT2D eigenvalue weighted by molar-refractivity contribution is 7.87. The van der Waals surface area contributed by atoms with Crippen molar-refractivity contribution in [2.45, 2.75) is 12.2 Å². The van der Waals surface area contributed by atoms with Gasteiger partial charge < -0.3 is 9.80 Å². The zero-order chi connectivity index (χ0) is 20.8. The minimum Gasteiger partial charge on any atom is -0.362 e. The molecule has 156 valence electrons. The van der Waals surface area contributed by atoms with Gasteiger partial charge in [-0.25, -0.2) is 4.72 Å². The van der Waals surface area contributed by atoms with E-state index in [0.717, 1.165) is 23.5 Å². The molecule has 0 amide bonds. The van der Waals surface area contributed by atoms with Crippen molar-refractivity contribution in [1.82, 2.24) is 9.03 Å². The van der Waals surface area contributed by atoms with Crippen molar-refractivity contribution in [3.8, 4) is 0 Å². The topological polar surface area (TPSA) is 55.9 Å². The van der Waals surface area contributed by atoms with Gasteiger partial charge in [0, 0.05) is 38.9 Å². The quantitative estimate of drug-likeness (QED) is 0.820. The molecule has 0 unspecified atom stereocenters. The molecule has 0 aromatic heterocycles. The van der Waals surface area contributed by atoms with E-state index < -0.39 is 21.9 Å². The Morgan fingerprint density at radius 1 is 0.966 bits per heavy atom. The van der Waals surface area contributed by atoms with Crippen LogP contribution >= 0.6 is 0 Å². The van der Waals surface area contributed by atoms with Crippen LogP contribution in [0.1, 0.15) is 5.56 Å². The molecule has 29 heavy (non-hydrogen) atoms. The van der Waals surface area contributed by atoms with Gasteiger partial charge in [0.1, 0.15) is 0 Å². The molecule has 1 N–H and O–H groups in total. The minimum absolute atomic E-state index is 0.121. The van der Waals surface area contributed by atoms with E-state index in [1.165, 1.54) is 23.5 Å². The first-order valence-corrected chi connectivity index (χ1v) is 10.6. The van der Waals surface area contributed by atoms with E-state index in [4.69, 9.17) is 0 Å². The van der Waals surface area contributed by atoms with Crippen molar-refractivity contribution < 1.29 is 21.6 Å². The van der Waals surface area contributed by atoms with Gasteiger partial charge in [0.2, 0.25) is 0 Å². The summed E-state index contributed by atoms with van der Waals surface area (Å²) >= 11 is 0. The number of nitrogens with zero attached hydrogens (tertiary/aromatic N) is 3. The Hall–Kier alpha value is -2.30. The third-order valence-corrected chi connectivity index (χ3v) is 6.95. The monoisotopic (exact) mass is 426 g/mol. The fraction of sp³-hybridized carbons (Fsp3) is 0.368. The summed E-state index contributed by atoms with van der Waals surface area (Å²) < 4.78 is 67.0. The van der Waals surface area contributed by atoms with Crippen LogP contribution in [-0.2, 0) is 16.4 Å². The zero-order valence-corrected chi connectivity index (χ0v) is 16.5. The molecule has 1 saturated heterocycles. The number of alkyl halides is 3. The number of benzene rings is 2. The SMILES string of the molecule is CNS(=O)(=O)N1CCN2c3ccccc3N(c3ccc(C(F)(F)F)cc3)C[C@H]2C1. The van der Waals surface area contributed by atoms with Gasteiger partial charge in [0.25, 0.3) is 10.2 Å². The maximum absolute atomic E-state index is 12.9. The Morgan fingerprint density at radius 2 is 1.62 bits per heavy atom. The fourth-order valence-electron chi connectivity index (χ4n) is 3.97. The molecule has 2 aliphatic heterocycles. The van der Waals surface area contributed by atoms with Crippen molar-refractivity contribution in [2.75, 3.05) is 43.0 Å². The van der Waals surface area contributed by atoms with Crippen LogP contribution in [0, 0.1) is 0 Å². The summed E-state index contributed by atoms with van der Waals surface area (Å²) in [6, 6.07) is 12.6. The lowest BCUT2D eigenvalue weighted by Crippen LogP contribution is -2.61. The Morgan fingerprint density at radius 3 is 2.24 bits per heavy atom. The average molecular weight is 426 g/mol. The van der Waals surface area contributed by atoms with Gasteiger partial charge in [-0.3, -0.25) is 0 Å². The highest BCUT2D eigenvalue weighted by Crippen LogP contribution is 2.41. The normalized spacial score (nSPS) is 20.3. The van der Waals surface area contributed by atoms with Gasteiger partial charge in [0.15, 0.2) is 0 Å². The fourth-order valence-corrected chi connectivity index (χ4v) is 4.92. The molecule has 0 aliphatic carbocycles. The average Bonchev–Trinajstić information content (AvgIpc) is 2.72. The number of piperazine rings is 1. The van der Waals surface area contributed by atoms with Gasteiger partial charge in [-0.05, 0) is 36.4 Å². The Balaban J connectivity index is 1.69. The predicted octanol–water partition coefficient (Wildman–Crippen LogP) is 2.81. The lowest BCUT2D eigenvalue weighted by Gasteiger charge is -2.49. The molecule has 1 atom stereocenters. The first-order valence-electron chi connectivity index (χ1n) is 9.20. The summed E-state index contributed by atoms with van der Waals surface area (Å²) in [7, 11) is -2.16. The van der Waals surface area contributed by atoms with Gasteiger partial charge >= 0.3 is 6.18 Å². The number of nitrogens with one attached hydrogen (secondary N) is 1. The number of hydrogen-bond acceptors (Lipinski definition) is 4. The second-order valence-corrected chi connectivity index (χ2v) is 8.93. The number of fused-ring (bicyclic) bond motifs is 3. The molecule has 10 heteroatoms. The second kappa shape index (κ2) is 7.19. The van der Waals surface area contributed by atoms with Crippen LogP contribution in [0.5, 0.6) is 0 Å². The van der Waals surface area contributed by atoms with E-state index in [-0.39, 0.29) is 6.04 Å². The Kier molecular flexibility index (Phi) is 4.96. The lowest BCUT2D eigenvalue weighted by atomic mass is 10.0. The van der Waals surface area contributed by atoms with Crippen LogP contribution in [-0.4, -0.2) is 52.0 Å². The Bertz CT molecular complexity index is 995. The Labute approximate surface area is 167 Å². The standard InChI is InChI=1S/C19H21F3N4O2S/c1-23-29(27,28)24-10-11-25-16(12-24)13-26(18-5-3-2-4-17(18)25)15-8-6-14(7-9-15)19(20,21)22/h2-9,16,23H,10-13H2,1H3/t16-/m1/s1. The summed E-state index contributed by atoms with van der Waals surface area (Å²) in [5.74, 6) is 0. The van der Waals surface area contributed by atoms with Crippen LogP contribution in [0.25, 0.3) is 0 Å². The van der Waals surface area contributed by atoms with E-state index in [1.54, 1.807) is 0 Å². The summed E-state index contributed by atoms with van der Waals surface area (Å²) in [5.41, 5.74) is 1.79. The third-order valence-electron chi connectivity index (χ3n) is 5.42. The lowest BCUT2D eigenvalue weighted by molar-refractivity contribution is -0.137. The highest BCUT2D eigenvalue weighted by atomic mass is 32.2. The van der Waals surface area contributed by atoms with E-state index in [9.17, 15) is 21.6 Å². The molecule has 1 fully saturated rings. The molecule has 0 saturated carbocycles. The molecule has 2 aromatic rings. The van der Waals surface area contributed by atoms with Crippen LogP contribution in [0.15, 0.2) is 48.5 Å². The molecule has 2 aromatic carbocycles.